The molecule has 7 nitrogen and oxygen atoms in total. The molecule has 0 aliphatic rings. The predicted octanol–water partition coefficient (Wildman–Crippen LogP) is 1.85. The maximum atomic E-state index is 12.2. The number of rotatable bonds is 8. The highest BCUT2D eigenvalue weighted by molar-refractivity contribution is 7.89. The Morgan fingerprint density at radius 3 is 2.62 bits per heavy atom. The molecular weight excluding hydrogens is 352 g/mol. The van der Waals surface area contributed by atoms with Crippen LogP contribution in [0.25, 0.3) is 0 Å². The lowest BCUT2D eigenvalue weighted by molar-refractivity contribution is 0.204. The summed E-state index contributed by atoms with van der Waals surface area (Å²) in [4.78, 5) is 4.45. The van der Waals surface area contributed by atoms with Crippen molar-refractivity contribution in [1.82, 2.24) is 4.72 Å². The minimum Gasteiger partial charge on any atom is -0.383 e. The molecular formula is C18H24N4O3S. The zero-order valence-electron chi connectivity index (χ0n) is 14.9. The third kappa shape index (κ3) is 6.14. The van der Waals surface area contributed by atoms with E-state index in [0.29, 0.717) is 6.61 Å². The van der Waals surface area contributed by atoms with E-state index in [1.165, 1.54) is 13.2 Å². The van der Waals surface area contributed by atoms with Crippen LogP contribution in [-0.2, 0) is 21.3 Å². The summed E-state index contributed by atoms with van der Waals surface area (Å²) in [7, 11) is -2.06. The monoisotopic (exact) mass is 376 g/mol. The smallest absolute Gasteiger partial charge is 0.240 e. The van der Waals surface area contributed by atoms with Gasteiger partial charge in [0.2, 0.25) is 10.0 Å². The lowest BCUT2D eigenvalue weighted by Gasteiger charge is -2.08. The summed E-state index contributed by atoms with van der Waals surface area (Å²) >= 11 is 0. The standard InChI is InChI=1S/C18H24N4O3S/c1-14-6-8-16(9-7-14)22-18(19)20-13-15-4-3-5-17(12-15)26(23,24)21-10-11-25-2/h3-9,12,21H,10-11,13H2,1-2H3,(H3,19,20,22). The summed E-state index contributed by atoms with van der Waals surface area (Å²) in [5.74, 6) is 0.264. The number of benzene rings is 2. The van der Waals surface area contributed by atoms with E-state index in [1.807, 2.05) is 31.2 Å². The van der Waals surface area contributed by atoms with Crippen LogP contribution in [0, 0.1) is 6.92 Å². The molecule has 0 aliphatic heterocycles. The van der Waals surface area contributed by atoms with Gasteiger partial charge in [-0.25, -0.2) is 18.1 Å². The number of guanidine groups is 1. The van der Waals surface area contributed by atoms with E-state index >= 15 is 0 Å². The molecule has 4 N–H and O–H groups in total. The fourth-order valence-corrected chi connectivity index (χ4v) is 3.26. The number of ether oxygens (including phenoxy) is 1. The molecule has 0 saturated heterocycles. The maximum Gasteiger partial charge on any atom is 0.240 e. The van der Waals surface area contributed by atoms with Gasteiger partial charge in [0.25, 0.3) is 0 Å². The first-order valence-electron chi connectivity index (χ1n) is 8.12. The van der Waals surface area contributed by atoms with Crippen LogP contribution >= 0.6 is 0 Å². The molecule has 2 rings (SSSR count). The van der Waals surface area contributed by atoms with Crippen molar-refractivity contribution in [3.8, 4) is 0 Å². The quantitative estimate of drug-likeness (QED) is 0.370. The molecule has 8 heteroatoms. The van der Waals surface area contributed by atoms with Crippen LogP contribution in [-0.4, -0.2) is 34.6 Å². The third-order valence-corrected chi connectivity index (χ3v) is 5.02. The zero-order chi connectivity index (χ0) is 19.0. The lowest BCUT2D eigenvalue weighted by Crippen LogP contribution is -2.27. The summed E-state index contributed by atoms with van der Waals surface area (Å²) in [5.41, 5.74) is 8.63. The molecule has 0 fully saturated rings. The van der Waals surface area contributed by atoms with Crippen LogP contribution in [0.2, 0.25) is 0 Å². The fraction of sp³-hybridized carbons (Fsp3) is 0.278. The largest absolute Gasteiger partial charge is 0.383 e. The van der Waals surface area contributed by atoms with Crippen molar-refractivity contribution in [2.24, 2.45) is 10.7 Å². The van der Waals surface area contributed by atoms with Gasteiger partial charge in [0, 0.05) is 19.3 Å². The number of nitrogens with one attached hydrogen (secondary N) is 2. The molecule has 0 radical (unpaired) electrons. The summed E-state index contributed by atoms with van der Waals surface area (Å²) in [6.07, 6.45) is 0. The van der Waals surface area contributed by atoms with Gasteiger partial charge in [-0.2, -0.15) is 0 Å². The summed E-state index contributed by atoms with van der Waals surface area (Å²) in [5, 5.41) is 3.00. The van der Waals surface area contributed by atoms with Crippen LogP contribution in [0.5, 0.6) is 0 Å². The topological polar surface area (TPSA) is 106 Å². The molecule has 0 unspecified atom stereocenters. The molecule has 0 spiro atoms. The van der Waals surface area contributed by atoms with Crippen LogP contribution in [0.4, 0.5) is 5.69 Å². The molecule has 0 aromatic heterocycles. The van der Waals surface area contributed by atoms with Crippen molar-refractivity contribution < 1.29 is 13.2 Å². The van der Waals surface area contributed by atoms with Crippen LogP contribution in [0.15, 0.2) is 58.4 Å². The third-order valence-electron chi connectivity index (χ3n) is 3.56. The Balaban J connectivity index is 2.02. The second-order valence-electron chi connectivity index (χ2n) is 5.73. The van der Waals surface area contributed by atoms with Gasteiger partial charge >= 0.3 is 0 Å². The Kier molecular flexibility index (Phi) is 7.14. The van der Waals surface area contributed by atoms with Gasteiger partial charge in [0.15, 0.2) is 5.96 Å². The highest BCUT2D eigenvalue weighted by Gasteiger charge is 2.13. The number of hydrogen-bond donors (Lipinski definition) is 3. The zero-order valence-corrected chi connectivity index (χ0v) is 15.7. The van der Waals surface area contributed by atoms with Gasteiger partial charge in [0.05, 0.1) is 18.0 Å². The number of nitrogens with zero attached hydrogens (tertiary/aromatic N) is 1. The van der Waals surface area contributed by atoms with E-state index in [2.05, 4.69) is 15.0 Å². The molecule has 2 aromatic carbocycles. The van der Waals surface area contributed by atoms with E-state index in [0.717, 1.165) is 16.8 Å². The number of anilines is 1. The van der Waals surface area contributed by atoms with E-state index in [1.54, 1.807) is 18.2 Å². The van der Waals surface area contributed by atoms with Gasteiger partial charge in [-0.3, -0.25) is 0 Å². The Morgan fingerprint density at radius 2 is 1.92 bits per heavy atom. The fourth-order valence-electron chi connectivity index (χ4n) is 2.17. The van der Waals surface area contributed by atoms with Crippen molar-refractivity contribution in [2.45, 2.75) is 18.4 Å². The minimum atomic E-state index is -3.57. The maximum absolute atomic E-state index is 12.2. The van der Waals surface area contributed by atoms with E-state index in [9.17, 15) is 8.42 Å². The van der Waals surface area contributed by atoms with E-state index < -0.39 is 10.0 Å². The second-order valence-corrected chi connectivity index (χ2v) is 7.50. The first-order valence-corrected chi connectivity index (χ1v) is 9.60. The average Bonchev–Trinajstić information content (AvgIpc) is 2.62. The average molecular weight is 376 g/mol. The predicted molar refractivity (Wildman–Crippen MR) is 104 cm³/mol. The van der Waals surface area contributed by atoms with Gasteiger partial charge in [-0.1, -0.05) is 29.8 Å². The minimum absolute atomic E-state index is 0.186. The summed E-state index contributed by atoms with van der Waals surface area (Å²) in [6.45, 7) is 2.80. The van der Waals surface area contributed by atoms with Crippen molar-refractivity contribution >= 4 is 21.7 Å². The summed E-state index contributed by atoms with van der Waals surface area (Å²) < 4.78 is 31.8. The number of hydrogen-bond acceptors (Lipinski definition) is 4. The van der Waals surface area contributed by atoms with Gasteiger partial charge in [-0.05, 0) is 36.8 Å². The van der Waals surface area contributed by atoms with Gasteiger partial charge < -0.3 is 15.8 Å². The second kappa shape index (κ2) is 9.33. The van der Waals surface area contributed by atoms with Gasteiger partial charge in [-0.15, -0.1) is 0 Å². The van der Waals surface area contributed by atoms with Gasteiger partial charge in [0.1, 0.15) is 0 Å². The highest BCUT2D eigenvalue weighted by Crippen LogP contribution is 2.13. The highest BCUT2D eigenvalue weighted by atomic mass is 32.2. The van der Waals surface area contributed by atoms with Crippen molar-refractivity contribution in [3.63, 3.8) is 0 Å². The number of methoxy groups -OCH3 is 1. The Labute approximate surface area is 154 Å². The molecule has 26 heavy (non-hydrogen) atoms. The molecule has 0 atom stereocenters. The number of aryl methyl sites for hydroxylation is 1. The van der Waals surface area contributed by atoms with Crippen LogP contribution in [0.3, 0.4) is 0 Å². The Morgan fingerprint density at radius 1 is 1.19 bits per heavy atom. The molecule has 0 bridgehead atoms. The van der Waals surface area contributed by atoms with Crippen LogP contribution < -0.4 is 15.8 Å². The van der Waals surface area contributed by atoms with Crippen molar-refractivity contribution in [3.05, 3.63) is 59.7 Å². The van der Waals surface area contributed by atoms with Crippen LogP contribution in [0.1, 0.15) is 11.1 Å². The number of aliphatic imine (C=N–C) groups is 1. The number of sulfonamides is 1. The number of nitrogens with two attached hydrogens (primary N) is 1. The molecule has 2 aromatic rings. The molecule has 140 valence electrons. The summed E-state index contributed by atoms with van der Waals surface area (Å²) in [6, 6.07) is 14.4. The SMILES string of the molecule is COCCNS(=O)(=O)c1cccc(CN=C(N)Nc2ccc(C)cc2)c1. The molecule has 0 amide bonds. The first-order chi connectivity index (χ1) is 12.4. The van der Waals surface area contributed by atoms with E-state index in [4.69, 9.17) is 10.5 Å². The normalized spacial score (nSPS) is 12.2. The molecule has 0 saturated carbocycles. The first kappa shape index (κ1) is 19.9. The molecule has 0 heterocycles. The molecule has 0 aliphatic carbocycles. The Bertz CT molecular complexity index is 849. The lowest BCUT2D eigenvalue weighted by atomic mass is 10.2. The van der Waals surface area contributed by atoms with Crippen molar-refractivity contribution in [1.29, 1.82) is 0 Å². The Hall–Kier alpha value is -2.42. The van der Waals surface area contributed by atoms with E-state index in [-0.39, 0.29) is 23.9 Å². The van der Waals surface area contributed by atoms with Crippen molar-refractivity contribution in [2.75, 3.05) is 25.6 Å².